The van der Waals surface area contributed by atoms with Crippen LogP contribution in [0.1, 0.15) is 50.2 Å². The third-order valence-electron chi connectivity index (χ3n) is 7.73. The number of ether oxygens (including phenoxy) is 1. The minimum atomic E-state index is -0.813. The Morgan fingerprint density at radius 1 is 1.35 bits per heavy atom. The molecule has 0 spiro atoms. The van der Waals surface area contributed by atoms with Crippen molar-refractivity contribution in [2.45, 2.75) is 62.5 Å². The van der Waals surface area contributed by atoms with E-state index in [4.69, 9.17) is 4.74 Å². The van der Waals surface area contributed by atoms with E-state index >= 15 is 0 Å². The molecule has 0 amide bonds. The molecule has 4 heteroatoms. The number of methoxy groups -OCH3 is 1. The number of Topliss-reactive ketones (excluding diaryl/α,β-unsaturated/α-hetero) is 1. The Kier molecular flexibility index (Phi) is 3.58. The second-order valence-corrected chi connectivity index (χ2v) is 9.19. The first-order valence-corrected chi connectivity index (χ1v) is 10.1. The molecule has 140 valence electrons. The van der Waals surface area contributed by atoms with Gasteiger partial charge < -0.3 is 9.84 Å². The summed E-state index contributed by atoms with van der Waals surface area (Å²) in [6.07, 6.45) is 5.47. The molecule has 1 saturated heterocycles. The van der Waals surface area contributed by atoms with Crippen LogP contribution in [0.2, 0.25) is 0 Å². The SMILES string of the molecule is COc1ccc2c(c1)[C@]13CCN(CC4CC4)[C@H](C2)[C@]1(O)CC(C)C(=O)C3. The fourth-order valence-corrected chi connectivity index (χ4v) is 6.08. The summed E-state index contributed by atoms with van der Waals surface area (Å²) >= 11 is 0. The molecule has 5 rings (SSSR count). The number of ketones is 1. The maximum Gasteiger partial charge on any atom is 0.136 e. The van der Waals surface area contributed by atoms with Gasteiger partial charge in [-0.05, 0) is 67.8 Å². The maximum atomic E-state index is 12.8. The molecule has 0 aromatic heterocycles. The Balaban J connectivity index is 1.65. The molecule has 2 saturated carbocycles. The zero-order chi connectivity index (χ0) is 18.1. The molecule has 1 N–H and O–H groups in total. The molecule has 4 nitrogen and oxygen atoms in total. The Hall–Kier alpha value is -1.39. The normalized spacial score (nSPS) is 39.3. The molecule has 3 aliphatic carbocycles. The fraction of sp³-hybridized carbons (Fsp3) is 0.682. The van der Waals surface area contributed by atoms with Gasteiger partial charge >= 0.3 is 0 Å². The van der Waals surface area contributed by atoms with E-state index in [9.17, 15) is 9.90 Å². The molecule has 1 aromatic carbocycles. The molecule has 3 fully saturated rings. The van der Waals surface area contributed by atoms with Crippen molar-refractivity contribution in [1.29, 1.82) is 0 Å². The molecule has 4 aliphatic rings. The van der Waals surface area contributed by atoms with E-state index in [2.05, 4.69) is 17.0 Å². The Labute approximate surface area is 155 Å². The van der Waals surface area contributed by atoms with Crippen LogP contribution in [-0.4, -0.2) is 47.6 Å². The molecular formula is C22H29NO3. The lowest BCUT2D eigenvalue weighted by atomic mass is 9.48. The number of rotatable bonds is 3. The highest BCUT2D eigenvalue weighted by Gasteiger charge is 2.66. The number of benzene rings is 1. The second kappa shape index (κ2) is 5.56. The van der Waals surface area contributed by atoms with Gasteiger partial charge in [-0.25, -0.2) is 0 Å². The predicted octanol–water partition coefficient (Wildman–Crippen LogP) is 2.70. The molecule has 1 aliphatic heterocycles. The first-order valence-electron chi connectivity index (χ1n) is 10.1. The van der Waals surface area contributed by atoms with Gasteiger partial charge in [-0.15, -0.1) is 0 Å². The van der Waals surface area contributed by atoms with Gasteiger partial charge in [-0.3, -0.25) is 9.69 Å². The van der Waals surface area contributed by atoms with Gasteiger partial charge in [0.05, 0.1) is 12.7 Å². The lowest BCUT2D eigenvalue weighted by Crippen LogP contribution is -2.74. The fourth-order valence-electron chi connectivity index (χ4n) is 6.08. The largest absolute Gasteiger partial charge is 0.497 e. The van der Waals surface area contributed by atoms with Crippen molar-refractivity contribution in [1.82, 2.24) is 4.90 Å². The number of aliphatic hydroxyl groups is 1. The summed E-state index contributed by atoms with van der Waals surface area (Å²) in [6, 6.07) is 6.41. The molecular weight excluding hydrogens is 326 g/mol. The summed E-state index contributed by atoms with van der Waals surface area (Å²) < 4.78 is 5.48. The maximum absolute atomic E-state index is 12.8. The summed E-state index contributed by atoms with van der Waals surface area (Å²) in [5.41, 5.74) is 1.21. The Bertz CT molecular complexity index is 758. The van der Waals surface area contributed by atoms with Crippen LogP contribution in [0.4, 0.5) is 0 Å². The average molecular weight is 355 g/mol. The van der Waals surface area contributed by atoms with Gasteiger partial charge in [-0.1, -0.05) is 13.0 Å². The average Bonchev–Trinajstić information content (AvgIpc) is 3.43. The molecule has 4 atom stereocenters. The van der Waals surface area contributed by atoms with E-state index in [0.717, 1.165) is 37.6 Å². The van der Waals surface area contributed by atoms with E-state index in [1.54, 1.807) is 7.11 Å². The predicted molar refractivity (Wildman–Crippen MR) is 99.4 cm³/mol. The van der Waals surface area contributed by atoms with Crippen LogP contribution in [0.15, 0.2) is 18.2 Å². The standard InChI is InChI=1S/C22H29NO3/c1-14-11-22(25)20-9-16-5-6-17(26-2)10-18(16)21(22,12-19(14)24)7-8-23(20)13-15-3-4-15/h5-6,10,14-15,20,25H,3-4,7-9,11-13H2,1-2H3/t14?,20-,21-,22-/m1/s1. The van der Waals surface area contributed by atoms with Gasteiger partial charge in [-0.2, -0.15) is 0 Å². The number of hydrogen-bond donors (Lipinski definition) is 1. The van der Waals surface area contributed by atoms with Crippen LogP contribution in [0.5, 0.6) is 5.75 Å². The third-order valence-corrected chi connectivity index (χ3v) is 7.73. The van der Waals surface area contributed by atoms with E-state index < -0.39 is 11.0 Å². The van der Waals surface area contributed by atoms with Crippen molar-refractivity contribution in [3.63, 3.8) is 0 Å². The van der Waals surface area contributed by atoms with Gasteiger partial charge in [0.15, 0.2) is 0 Å². The highest BCUT2D eigenvalue weighted by molar-refractivity contribution is 5.84. The molecule has 1 aromatic rings. The molecule has 1 heterocycles. The van der Waals surface area contributed by atoms with Crippen molar-refractivity contribution in [3.8, 4) is 5.75 Å². The summed E-state index contributed by atoms with van der Waals surface area (Å²) in [5.74, 6) is 1.89. The quantitative estimate of drug-likeness (QED) is 0.906. The summed E-state index contributed by atoms with van der Waals surface area (Å²) in [4.78, 5) is 15.3. The van der Waals surface area contributed by atoms with Gasteiger partial charge in [0.2, 0.25) is 0 Å². The molecule has 26 heavy (non-hydrogen) atoms. The van der Waals surface area contributed by atoms with Crippen molar-refractivity contribution in [2.24, 2.45) is 11.8 Å². The van der Waals surface area contributed by atoms with Crippen molar-refractivity contribution in [2.75, 3.05) is 20.2 Å². The smallest absolute Gasteiger partial charge is 0.136 e. The topological polar surface area (TPSA) is 49.8 Å². The molecule has 2 bridgehead atoms. The number of fused-ring (bicyclic) bond motifs is 1. The van der Waals surface area contributed by atoms with Gasteiger partial charge in [0.1, 0.15) is 11.5 Å². The van der Waals surface area contributed by atoms with Crippen LogP contribution in [0.25, 0.3) is 0 Å². The lowest BCUT2D eigenvalue weighted by Gasteiger charge is -2.64. The van der Waals surface area contributed by atoms with Crippen LogP contribution < -0.4 is 4.74 Å². The number of piperidine rings is 1. The number of nitrogens with zero attached hydrogens (tertiary/aromatic N) is 1. The second-order valence-electron chi connectivity index (χ2n) is 9.19. The van der Waals surface area contributed by atoms with Crippen LogP contribution in [0.3, 0.4) is 0 Å². The number of hydrogen-bond acceptors (Lipinski definition) is 4. The first kappa shape index (κ1) is 16.8. The van der Waals surface area contributed by atoms with Crippen molar-refractivity contribution in [3.05, 3.63) is 29.3 Å². The monoisotopic (exact) mass is 355 g/mol. The van der Waals surface area contributed by atoms with E-state index in [1.807, 2.05) is 13.0 Å². The van der Waals surface area contributed by atoms with E-state index in [1.165, 1.54) is 24.0 Å². The summed E-state index contributed by atoms with van der Waals surface area (Å²) in [6.45, 7) is 4.09. The lowest BCUT2D eigenvalue weighted by molar-refractivity contribution is -0.180. The summed E-state index contributed by atoms with van der Waals surface area (Å²) in [7, 11) is 1.68. The van der Waals surface area contributed by atoms with Crippen molar-refractivity contribution < 1.29 is 14.6 Å². The minimum Gasteiger partial charge on any atom is -0.497 e. The van der Waals surface area contributed by atoms with Gasteiger partial charge in [0, 0.05) is 30.3 Å². The van der Waals surface area contributed by atoms with E-state index in [0.29, 0.717) is 18.6 Å². The molecule has 1 unspecified atom stereocenters. The zero-order valence-corrected chi connectivity index (χ0v) is 15.8. The van der Waals surface area contributed by atoms with Crippen molar-refractivity contribution >= 4 is 5.78 Å². The Morgan fingerprint density at radius 2 is 2.15 bits per heavy atom. The highest BCUT2D eigenvalue weighted by atomic mass is 16.5. The third kappa shape index (κ3) is 2.18. The minimum absolute atomic E-state index is 0.0522. The van der Waals surface area contributed by atoms with Crippen LogP contribution in [0, 0.1) is 11.8 Å². The number of likely N-dealkylation sites (tertiary alicyclic amines) is 1. The van der Waals surface area contributed by atoms with Gasteiger partial charge in [0.25, 0.3) is 0 Å². The van der Waals surface area contributed by atoms with Crippen LogP contribution >= 0.6 is 0 Å². The highest BCUT2D eigenvalue weighted by Crippen LogP contribution is 2.59. The first-order chi connectivity index (χ1) is 12.5. The zero-order valence-electron chi connectivity index (χ0n) is 15.8. The van der Waals surface area contributed by atoms with Crippen LogP contribution in [-0.2, 0) is 16.6 Å². The van der Waals surface area contributed by atoms with E-state index in [-0.39, 0.29) is 12.0 Å². The number of carbonyl (C=O) groups is 1. The molecule has 0 radical (unpaired) electrons. The summed E-state index contributed by atoms with van der Waals surface area (Å²) in [5, 5.41) is 12.1. The number of carbonyl (C=O) groups excluding carboxylic acids is 1. The Morgan fingerprint density at radius 3 is 2.88 bits per heavy atom.